The van der Waals surface area contributed by atoms with Gasteiger partial charge >= 0.3 is 5.97 Å². The number of aromatic nitrogens is 1. The molecule has 0 aliphatic rings. The molecule has 1 aromatic heterocycles. The average molecular weight is 296 g/mol. The lowest BCUT2D eigenvalue weighted by Gasteiger charge is -2.12. The van der Waals surface area contributed by atoms with Crippen molar-refractivity contribution < 1.29 is 18.3 Å². The minimum atomic E-state index is -3.33. The number of sulfone groups is 1. The molecule has 1 atom stereocenters. The van der Waals surface area contributed by atoms with Gasteiger partial charge in [0.1, 0.15) is 6.04 Å². The first-order chi connectivity index (χ1) is 9.34. The van der Waals surface area contributed by atoms with Crippen molar-refractivity contribution in [3.05, 3.63) is 30.0 Å². The lowest BCUT2D eigenvalue weighted by atomic mass is 10.1. The van der Waals surface area contributed by atoms with Gasteiger partial charge in [-0.2, -0.15) is 0 Å². The summed E-state index contributed by atoms with van der Waals surface area (Å²) in [5.41, 5.74) is 1.23. The van der Waals surface area contributed by atoms with Crippen molar-refractivity contribution in [1.29, 1.82) is 0 Å². The number of hydrogen-bond acceptors (Lipinski definition) is 4. The molecule has 3 N–H and O–H groups in total. The topological polar surface area (TPSA) is 99.3 Å². The van der Waals surface area contributed by atoms with E-state index in [-0.39, 0.29) is 4.90 Å². The second kappa shape index (κ2) is 5.26. The Balaban J connectivity index is 2.62. The van der Waals surface area contributed by atoms with Gasteiger partial charge in [0.25, 0.3) is 0 Å². The number of nitrogens with one attached hydrogen (secondary N) is 2. The van der Waals surface area contributed by atoms with Crippen LogP contribution in [0.4, 0.5) is 0 Å². The van der Waals surface area contributed by atoms with E-state index in [1.54, 1.807) is 12.3 Å². The van der Waals surface area contributed by atoms with Crippen molar-refractivity contribution >= 4 is 26.7 Å². The van der Waals surface area contributed by atoms with Crippen LogP contribution in [0.15, 0.2) is 29.3 Å². The highest BCUT2D eigenvalue weighted by Gasteiger charge is 2.22. The number of carbonyl (C=O) groups is 1. The molecule has 6 nitrogen and oxygen atoms in total. The first-order valence-corrected chi connectivity index (χ1v) is 8.01. The Hall–Kier alpha value is -1.86. The quantitative estimate of drug-likeness (QED) is 0.772. The molecule has 0 saturated carbocycles. The molecule has 0 radical (unpaired) electrons. The van der Waals surface area contributed by atoms with Crippen LogP contribution >= 0.6 is 0 Å². The summed E-state index contributed by atoms with van der Waals surface area (Å²) in [5.74, 6) is -1.00. The van der Waals surface area contributed by atoms with Gasteiger partial charge in [-0.1, -0.05) is 6.92 Å². The third kappa shape index (κ3) is 2.68. The van der Waals surface area contributed by atoms with Crippen LogP contribution in [0.3, 0.4) is 0 Å². The number of rotatable bonds is 5. The highest BCUT2D eigenvalue weighted by atomic mass is 32.2. The highest BCUT2D eigenvalue weighted by molar-refractivity contribution is 7.90. The van der Waals surface area contributed by atoms with Crippen LogP contribution in [0, 0.1) is 0 Å². The second-order valence-electron chi connectivity index (χ2n) is 4.55. The Morgan fingerprint density at radius 3 is 2.70 bits per heavy atom. The monoisotopic (exact) mass is 296 g/mol. The van der Waals surface area contributed by atoms with Gasteiger partial charge in [0, 0.05) is 28.9 Å². The Bertz CT molecular complexity index is 749. The largest absolute Gasteiger partial charge is 0.480 e. The number of H-pyrrole nitrogens is 1. The fourth-order valence-corrected chi connectivity index (χ4v) is 2.77. The summed E-state index contributed by atoms with van der Waals surface area (Å²) in [6, 6.07) is 3.77. The zero-order valence-corrected chi connectivity index (χ0v) is 12.0. The van der Waals surface area contributed by atoms with Crippen LogP contribution in [0.5, 0.6) is 0 Å². The fraction of sp³-hybridized carbons (Fsp3) is 0.308. The second-order valence-corrected chi connectivity index (χ2v) is 6.57. The summed E-state index contributed by atoms with van der Waals surface area (Å²) in [6.45, 7) is 2.31. The normalized spacial score (nSPS) is 13.5. The zero-order chi connectivity index (χ0) is 14.9. The third-order valence-corrected chi connectivity index (χ3v) is 4.19. The molecule has 20 heavy (non-hydrogen) atoms. The van der Waals surface area contributed by atoms with Crippen molar-refractivity contribution in [3.63, 3.8) is 0 Å². The number of carboxylic acid groups (broad SMARTS) is 1. The summed E-state index contributed by atoms with van der Waals surface area (Å²) >= 11 is 0. The number of aromatic amines is 1. The van der Waals surface area contributed by atoms with Crippen LogP contribution in [0.2, 0.25) is 0 Å². The third-order valence-electron chi connectivity index (χ3n) is 3.08. The van der Waals surface area contributed by atoms with Crippen molar-refractivity contribution in [2.75, 3.05) is 12.8 Å². The molecule has 1 heterocycles. The molecule has 1 unspecified atom stereocenters. The standard InChI is InChI=1S/C13H16N2O4S/c1-3-14-12(13(16)17)10-7-15-11-5-4-8(6-9(10)11)20(2,18)19/h4-7,12,14-15H,3H2,1-2H3,(H,16,17). The van der Waals surface area contributed by atoms with E-state index in [9.17, 15) is 18.3 Å². The molecule has 2 rings (SSSR count). The van der Waals surface area contributed by atoms with Crippen molar-refractivity contribution in [1.82, 2.24) is 10.3 Å². The number of carboxylic acids is 1. The smallest absolute Gasteiger partial charge is 0.325 e. The average Bonchev–Trinajstić information content (AvgIpc) is 2.77. The minimum absolute atomic E-state index is 0.173. The Labute approximate surface area is 116 Å². The van der Waals surface area contributed by atoms with Gasteiger partial charge in [0.15, 0.2) is 9.84 Å². The van der Waals surface area contributed by atoms with Crippen LogP contribution in [-0.4, -0.2) is 37.3 Å². The van der Waals surface area contributed by atoms with E-state index in [2.05, 4.69) is 10.3 Å². The molecule has 7 heteroatoms. The molecule has 0 spiro atoms. The van der Waals surface area contributed by atoms with Crippen molar-refractivity contribution in [2.24, 2.45) is 0 Å². The predicted octanol–water partition coefficient (Wildman–Crippen LogP) is 1.31. The number of hydrogen-bond donors (Lipinski definition) is 3. The predicted molar refractivity (Wildman–Crippen MR) is 75.5 cm³/mol. The maximum Gasteiger partial charge on any atom is 0.325 e. The van der Waals surface area contributed by atoms with Gasteiger partial charge in [-0.15, -0.1) is 0 Å². The number of fused-ring (bicyclic) bond motifs is 1. The first kappa shape index (κ1) is 14.5. The summed E-state index contributed by atoms with van der Waals surface area (Å²) in [5, 5.41) is 12.7. The first-order valence-electron chi connectivity index (χ1n) is 6.12. The lowest BCUT2D eigenvalue weighted by Crippen LogP contribution is -2.27. The number of aliphatic carboxylic acids is 1. The van der Waals surface area contributed by atoms with E-state index in [1.807, 2.05) is 6.92 Å². The van der Waals surface area contributed by atoms with Gasteiger partial charge < -0.3 is 15.4 Å². The van der Waals surface area contributed by atoms with Gasteiger partial charge in [-0.25, -0.2) is 8.42 Å². The Kier molecular flexibility index (Phi) is 3.82. The SMILES string of the molecule is CCNC(C(=O)O)c1c[nH]c2ccc(S(C)(=O)=O)cc12. The zero-order valence-electron chi connectivity index (χ0n) is 11.2. The van der Waals surface area contributed by atoms with Crippen LogP contribution in [0.25, 0.3) is 10.9 Å². The summed E-state index contributed by atoms with van der Waals surface area (Å²) in [7, 11) is -3.33. The van der Waals surface area contributed by atoms with Crippen molar-refractivity contribution in [2.45, 2.75) is 17.9 Å². The highest BCUT2D eigenvalue weighted by Crippen LogP contribution is 2.27. The molecular formula is C13H16N2O4S. The van der Waals surface area contributed by atoms with E-state index >= 15 is 0 Å². The molecule has 108 valence electrons. The fourth-order valence-electron chi connectivity index (χ4n) is 2.13. The van der Waals surface area contributed by atoms with Crippen LogP contribution in [-0.2, 0) is 14.6 Å². The van der Waals surface area contributed by atoms with Crippen molar-refractivity contribution in [3.8, 4) is 0 Å². The molecular weight excluding hydrogens is 280 g/mol. The molecule has 0 amide bonds. The van der Waals surface area contributed by atoms with E-state index in [4.69, 9.17) is 0 Å². The maximum absolute atomic E-state index is 11.6. The summed E-state index contributed by atoms with van der Waals surface area (Å²) in [6.07, 6.45) is 2.72. The van der Waals surface area contributed by atoms with E-state index in [1.165, 1.54) is 12.1 Å². The minimum Gasteiger partial charge on any atom is -0.480 e. The van der Waals surface area contributed by atoms with E-state index in [0.29, 0.717) is 23.0 Å². The number of likely N-dealkylation sites (N-methyl/N-ethyl adjacent to an activating group) is 1. The molecule has 2 aromatic rings. The Morgan fingerprint density at radius 2 is 2.15 bits per heavy atom. The lowest BCUT2D eigenvalue weighted by molar-refractivity contribution is -0.139. The molecule has 0 aliphatic heterocycles. The van der Waals surface area contributed by atoms with Gasteiger partial charge in [0.05, 0.1) is 4.90 Å². The maximum atomic E-state index is 11.6. The molecule has 0 bridgehead atoms. The van der Waals surface area contributed by atoms with Gasteiger partial charge in [-0.3, -0.25) is 4.79 Å². The van der Waals surface area contributed by atoms with Crippen LogP contribution < -0.4 is 5.32 Å². The summed E-state index contributed by atoms with van der Waals surface area (Å²) in [4.78, 5) is 14.5. The van der Waals surface area contributed by atoms with E-state index < -0.39 is 21.8 Å². The van der Waals surface area contributed by atoms with Crippen LogP contribution in [0.1, 0.15) is 18.5 Å². The number of benzene rings is 1. The Morgan fingerprint density at radius 1 is 1.45 bits per heavy atom. The summed E-state index contributed by atoms with van der Waals surface area (Å²) < 4.78 is 23.2. The molecule has 0 aliphatic carbocycles. The van der Waals surface area contributed by atoms with Gasteiger partial charge in [-0.05, 0) is 24.7 Å². The molecule has 1 aromatic carbocycles. The molecule has 0 saturated heterocycles. The van der Waals surface area contributed by atoms with E-state index in [0.717, 1.165) is 6.26 Å². The molecule has 0 fully saturated rings. The van der Waals surface area contributed by atoms with Gasteiger partial charge in [0.2, 0.25) is 0 Å².